The minimum absolute atomic E-state index is 0.161. The minimum atomic E-state index is 0.161. The molecule has 102 valence electrons. The molecule has 0 aromatic heterocycles. The highest BCUT2D eigenvalue weighted by atomic mass is 79.9. The molecule has 5 heteroatoms. The number of anilines is 1. The van der Waals surface area contributed by atoms with Crippen molar-refractivity contribution in [2.24, 2.45) is 5.73 Å². The van der Waals surface area contributed by atoms with Gasteiger partial charge in [0.15, 0.2) is 0 Å². The van der Waals surface area contributed by atoms with E-state index < -0.39 is 0 Å². The molecule has 3 nitrogen and oxygen atoms in total. The molecule has 1 aliphatic rings. The molecule has 0 bridgehead atoms. The molecule has 2 aromatic carbocycles. The molecule has 0 fully saturated rings. The van der Waals surface area contributed by atoms with E-state index in [1.165, 1.54) is 5.56 Å². The van der Waals surface area contributed by atoms with Crippen LogP contribution in [-0.4, -0.2) is 11.6 Å². The second-order valence-corrected chi connectivity index (χ2v) is 5.90. The van der Waals surface area contributed by atoms with Crippen LogP contribution in [-0.2, 0) is 0 Å². The van der Waals surface area contributed by atoms with Crippen molar-refractivity contribution in [1.29, 1.82) is 0 Å². The van der Waals surface area contributed by atoms with Crippen LogP contribution in [0.2, 0.25) is 0 Å². The summed E-state index contributed by atoms with van der Waals surface area (Å²) in [5, 5.41) is 3.46. The zero-order valence-electron chi connectivity index (χ0n) is 10.6. The van der Waals surface area contributed by atoms with Crippen molar-refractivity contribution in [3.8, 4) is 5.75 Å². The van der Waals surface area contributed by atoms with Crippen molar-refractivity contribution in [2.75, 3.05) is 11.9 Å². The molecule has 20 heavy (non-hydrogen) atoms. The quantitative estimate of drug-likeness (QED) is 0.831. The van der Waals surface area contributed by atoms with Crippen molar-refractivity contribution in [1.82, 2.24) is 0 Å². The molecule has 0 radical (unpaired) electrons. The number of ether oxygens (including phenoxy) is 1. The van der Waals surface area contributed by atoms with Crippen LogP contribution in [0.15, 0.2) is 46.9 Å². The summed E-state index contributed by atoms with van der Waals surface area (Å²) in [5.41, 5.74) is 8.68. The molecule has 1 unspecified atom stereocenters. The van der Waals surface area contributed by atoms with Crippen LogP contribution in [0.4, 0.5) is 5.69 Å². The molecule has 0 aliphatic carbocycles. The summed E-state index contributed by atoms with van der Waals surface area (Å²) < 4.78 is 6.55. The maximum absolute atomic E-state index is 5.66. The lowest BCUT2D eigenvalue weighted by atomic mass is 10.1. The topological polar surface area (TPSA) is 47.3 Å². The van der Waals surface area contributed by atoms with Gasteiger partial charge in [-0.15, -0.1) is 0 Å². The van der Waals surface area contributed by atoms with Crippen LogP contribution in [0.5, 0.6) is 5.75 Å². The third-order valence-electron chi connectivity index (χ3n) is 3.28. The highest BCUT2D eigenvalue weighted by Gasteiger charge is 2.23. The Balaban J connectivity index is 1.83. The average Bonchev–Trinajstić information content (AvgIpc) is 2.82. The van der Waals surface area contributed by atoms with Crippen molar-refractivity contribution in [2.45, 2.75) is 6.04 Å². The Bertz CT molecular complexity index is 675. The Morgan fingerprint density at radius 1 is 1.30 bits per heavy atom. The predicted octanol–water partition coefficient (Wildman–Crippen LogP) is 3.63. The van der Waals surface area contributed by atoms with Gasteiger partial charge in [0.1, 0.15) is 17.3 Å². The Kier molecular flexibility index (Phi) is 3.63. The Morgan fingerprint density at radius 2 is 2.10 bits per heavy atom. The molecule has 0 amide bonds. The maximum Gasteiger partial charge on any atom is 0.124 e. The third kappa shape index (κ3) is 2.51. The average molecular weight is 349 g/mol. The first-order valence-electron chi connectivity index (χ1n) is 6.23. The first kappa shape index (κ1) is 13.4. The fourth-order valence-corrected chi connectivity index (χ4v) is 3.19. The van der Waals surface area contributed by atoms with Crippen LogP contribution in [0, 0.1) is 0 Å². The molecule has 1 heterocycles. The number of fused-ring (bicyclic) bond motifs is 1. The number of para-hydroxylation sites is 1. The molecular formula is C15H13BrN2OS. The van der Waals surface area contributed by atoms with Crippen molar-refractivity contribution < 1.29 is 4.74 Å². The number of rotatable bonds is 3. The Labute approximate surface area is 131 Å². The summed E-state index contributed by atoms with van der Waals surface area (Å²) in [4.78, 5) is 0.387. The number of halogens is 1. The van der Waals surface area contributed by atoms with Gasteiger partial charge in [0, 0.05) is 21.3 Å². The van der Waals surface area contributed by atoms with Gasteiger partial charge in [-0.25, -0.2) is 0 Å². The Hall–Kier alpha value is -1.59. The van der Waals surface area contributed by atoms with E-state index in [1.807, 2.05) is 36.4 Å². The molecule has 1 atom stereocenters. The van der Waals surface area contributed by atoms with E-state index in [9.17, 15) is 0 Å². The zero-order valence-corrected chi connectivity index (χ0v) is 13.0. The van der Waals surface area contributed by atoms with Gasteiger partial charge in [-0.2, -0.15) is 0 Å². The summed E-state index contributed by atoms with van der Waals surface area (Å²) in [7, 11) is 0. The summed E-state index contributed by atoms with van der Waals surface area (Å²) >= 11 is 8.49. The largest absolute Gasteiger partial charge is 0.491 e. The summed E-state index contributed by atoms with van der Waals surface area (Å²) in [5.74, 6) is 0.948. The number of hydrogen-bond acceptors (Lipinski definition) is 3. The number of thiocarbonyl (C=S) groups is 1. The molecule has 3 N–H and O–H groups in total. The van der Waals surface area contributed by atoms with Gasteiger partial charge in [0.05, 0.1) is 6.04 Å². The van der Waals surface area contributed by atoms with E-state index in [0.717, 1.165) is 21.5 Å². The monoisotopic (exact) mass is 348 g/mol. The van der Waals surface area contributed by atoms with Gasteiger partial charge < -0.3 is 15.8 Å². The number of hydrogen-bond donors (Lipinski definition) is 2. The first-order chi connectivity index (χ1) is 9.65. The molecular weight excluding hydrogens is 336 g/mol. The number of nitrogens with two attached hydrogens (primary N) is 1. The zero-order chi connectivity index (χ0) is 14.1. The van der Waals surface area contributed by atoms with Gasteiger partial charge >= 0.3 is 0 Å². The van der Waals surface area contributed by atoms with Crippen molar-refractivity contribution in [3.63, 3.8) is 0 Å². The minimum Gasteiger partial charge on any atom is -0.491 e. The molecule has 0 saturated heterocycles. The van der Waals surface area contributed by atoms with E-state index in [0.29, 0.717) is 11.6 Å². The normalized spacial score (nSPS) is 16.4. The highest BCUT2D eigenvalue weighted by Crippen LogP contribution is 2.34. The SMILES string of the molecule is NC(=S)c1ccc(NC2COc3ccccc32)cc1Br. The predicted molar refractivity (Wildman–Crippen MR) is 88.3 cm³/mol. The van der Waals surface area contributed by atoms with Crippen LogP contribution in [0.3, 0.4) is 0 Å². The summed E-state index contributed by atoms with van der Waals surface area (Å²) in [6, 6.07) is 14.1. The number of nitrogens with one attached hydrogen (secondary N) is 1. The Morgan fingerprint density at radius 3 is 2.85 bits per heavy atom. The van der Waals surface area contributed by atoms with Crippen LogP contribution >= 0.6 is 28.1 Å². The molecule has 3 rings (SSSR count). The van der Waals surface area contributed by atoms with E-state index in [1.54, 1.807) is 0 Å². The lowest BCUT2D eigenvalue weighted by molar-refractivity contribution is 0.340. The maximum atomic E-state index is 5.66. The molecule has 0 spiro atoms. The summed E-state index contributed by atoms with van der Waals surface area (Å²) in [6.07, 6.45) is 0. The smallest absolute Gasteiger partial charge is 0.124 e. The second-order valence-electron chi connectivity index (χ2n) is 4.60. The van der Waals surface area contributed by atoms with Gasteiger partial charge in [-0.1, -0.05) is 30.4 Å². The fourth-order valence-electron chi connectivity index (χ4n) is 2.29. The molecule has 0 saturated carbocycles. The van der Waals surface area contributed by atoms with E-state index in [4.69, 9.17) is 22.7 Å². The molecule has 2 aromatic rings. The third-order valence-corrected chi connectivity index (χ3v) is 4.15. The van der Waals surface area contributed by atoms with Crippen LogP contribution in [0.1, 0.15) is 17.2 Å². The van der Waals surface area contributed by atoms with E-state index in [2.05, 4.69) is 27.3 Å². The van der Waals surface area contributed by atoms with Crippen molar-refractivity contribution in [3.05, 3.63) is 58.1 Å². The summed E-state index contributed by atoms with van der Waals surface area (Å²) in [6.45, 7) is 0.633. The first-order valence-corrected chi connectivity index (χ1v) is 7.43. The lowest BCUT2D eigenvalue weighted by Crippen LogP contribution is -2.13. The van der Waals surface area contributed by atoms with E-state index >= 15 is 0 Å². The lowest BCUT2D eigenvalue weighted by Gasteiger charge is -2.14. The number of benzene rings is 2. The highest BCUT2D eigenvalue weighted by molar-refractivity contribution is 9.10. The van der Waals surface area contributed by atoms with Gasteiger partial charge in [-0.3, -0.25) is 0 Å². The van der Waals surface area contributed by atoms with Crippen molar-refractivity contribution >= 4 is 38.8 Å². The van der Waals surface area contributed by atoms with Gasteiger partial charge in [0.25, 0.3) is 0 Å². The second kappa shape index (κ2) is 5.42. The van der Waals surface area contributed by atoms with Gasteiger partial charge in [0.2, 0.25) is 0 Å². The van der Waals surface area contributed by atoms with E-state index in [-0.39, 0.29) is 6.04 Å². The standard InChI is InChI=1S/C15H13BrN2OS/c16-12-7-9(5-6-10(12)15(17)20)18-13-8-19-14-4-2-1-3-11(13)14/h1-7,13,18H,8H2,(H2,17,20). The molecule has 1 aliphatic heterocycles. The van der Waals surface area contributed by atoms with Crippen LogP contribution < -0.4 is 15.8 Å². The van der Waals surface area contributed by atoms with Crippen LogP contribution in [0.25, 0.3) is 0 Å². The van der Waals surface area contributed by atoms with Gasteiger partial charge in [-0.05, 0) is 40.2 Å². The fraction of sp³-hybridized carbons (Fsp3) is 0.133.